The summed E-state index contributed by atoms with van der Waals surface area (Å²) in [5, 5.41) is 15.3. The molecule has 0 radical (unpaired) electrons. The molecule has 0 aliphatic heterocycles. The molecule has 0 spiro atoms. The van der Waals surface area contributed by atoms with Gasteiger partial charge in [0.1, 0.15) is 30.3 Å². The van der Waals surface area contributed by atoms with E-state index in [9.17, 15) is 9.18 Å². The third-order valence-corrected chi connectivity index (χ3v) is 5.58. The van der Waals surface area contributed by atoms with Gasteiger partial charge in [-0.1, -0.05) is 36.3 Å². The molecule has 0 bridgehead atoms. The van der Waals surface area contributed by atoms with Crippen LogP contribution in [0, 0.1) is 24.6 Å². The second-order valence-electron chi connectivity index (χ2n) is 7.69. The molecule has 0 aliphatic rings. The molecule has 0 saturated carbocycles. The molecule has 0 atom stereocenters. The van der Waals surface area contributed by atoms with Crippen molar-refractivity contribution in [1.29, 1.82) is 0 Å². The van der Waals surface area contributed by atoms with E-state index < -0.39 is 5.82 Å². The normalized spacial score (nSPS) is 11.0. The van der Waals surface area contributed by atoms with E-state index in [2.05, 4.69) is 26.9 Å². The number of benzene rings is 2. The van der Waals surface area contributed by atoms with Gasteiger partial charge in [-0.25, -0.2) is 19.0 Å². The summed E-state index contributed by atoms with van der Waals surface area (Å²) in [6.45, 7) is 1.59. The molecule has 9 heteroatoms. The monoisotopic (exact) mass is 454 g/mol. The molecule has 3 aromatic heterocycles. The van der Waals surface area contributed by atoms with Crippen LogP contribution in [0.25, 0.3) is 27.5 Å². The lowest BCUT2D eigenvalue weighted by atomic mass is 10.1. The number of para-hydroxylation sites is 1. The first-order valence-corrected chi connectivity index (χ1v) is 10.5. The highest BCUT2D eigenvalue weighted by Crippen LogP contribution is 2.24. The van der Waals surface area contributed by atoms with Crippen molar-refractivity contribution < 1.29 is 9.50 Å². The van der Waals surface area contributed by atoms with Gasteiger partial charge in [0, 0.05) is 5.69 Å². The Hall–Kier alpha value is -4.55. The molecule has 0 amide bonds. The van der Waals surface area contributed by atoms with Crippen molar-refractivity contribution in [3.8, 4) is 17.5 Å². The quantitative estimate of drug-likeness (QED) is 0.405. The second kappa shape index (κ2) is 8.42. The number of halogens is 1. The van der Waals surface area contributed by atoms with Crippen molar-refractivity contribution in [3.05, 3.63) is 88.0 Å². The van der Waals surface area contributed by atoms with E-state index in [1.807, 2.05) is 31.2 Å². The van der Waals surface area contributed by atoms with Gasteiger partial charge < -0.3 is 10.8 Å². The molecule has 0 fully saturated rings. The number of hydrogen-bond acceptors (Lipinski definition) is 6. The van der Waals surface area contributed by atoms with Crippen LogP contribution in [0.15, 0.2) is 59.7 Å². The van der Waals surface area contributed by atoms with Gasteiger partial charge in [0.25, 0.3) is 5.56 Å². The van der Waals surface area contributed by atoms with E-state index in [-0.39, 0.29) is 30.2 Å². The number of nitrogens with zero attached hydrogens (tertiary/aromatic N) is 5. The van der Waals surface area contributed by atoms with E-state index in [0.29, 0.717) is 27.8 Å². The molecule has 8 nitrogen and oxygen atoms in total. The van der Waals surface area contributed by atoms with Crippen LogP contribution in [0.5, 0.6) is 0 Å². The van der Waals surface area contributed by atoms with Crippen LogP contribution < -0.4 is 11.3 Å². The lowest BCUT2D eigenvalue weighted by molar-refractivity contribution is 0.350. The zero-order valence-electron chi connectivity index (χ0n) is 18.2. The largest absolute Gasteiger partial charge is 0.384 e. The van der Waals surface area contributed by atoms with Crippen molar-refractivity contribution in [2.75, 3.05) is 12.3 Å². The van der Waals surface area contributed by atoms with Crippen LogP contribution in [0.3, 0.4) is 0 Å². The number of aromatic nitrogens is 5. The summed E-state index contributed by atoms with van der Waals surface area (Å²) in [4.78, 5) is 22.0. The fourth-order valence-electron chi connectivity index (χ4n) is 4.11. The lowest BCUT2D eigenvalue weighted by Crippen LogP contribution is -2.25. The number of aryl methyl sites for hydroxylation is 1. The average molecular weight is 454 g/mol. The molecular weight excluding hydrogens is 435 g/mol. The number of aliphatic hydroxyl groups excluding tert-OH is 1. The molecule has 0 saturated heterocycles. The van der Waals surface area contributed by atoms with Gasteiger partial charge in [0.15, 0.2) is 5.65 Å². The molecular formula is C25H19FN6O2. The van der Waals surface area contributed by atoms with Gasteiger partial charge >= 0.3 is 0 Å². The topological polar surface area (TPSA) is 112 Å². The number of pyridine rings is 1. The summed E-state index contributed by atoms with van der Waals surface area (Å²) < 4.78 is 17.8. The molecule has 168 valence electrons. The minimum atomic E-state index is -0.523. The number of fused-ring (bicyclic) bond motifs is 2. The van der Waals surface area contributed by atoms with Crippen molar-refractivity contribution in [1.82, 2.24) is 24.3 Å². The predicted molar refractivity (Wildman–Crippen MR) is 127 cm³/mol. The number of aliphatic hydroxyl groups is 1. The molecule has 2 aromatic carbocycles. The minimum absolute atomic E-state index is 0.0845. The molecule has 0 unspecified atom stereocenters. The van der Waals surface area contributed by atoms with E-state index in [1.54, 1.807) is 22.9 Å². The molecule has 34 heavy (non-hydrogen) atoms. The van der Waals surface area contributed by atoms with E-state index in [4.69, 9.17) is 10.8 Å². The first kappa shape index (κ1) is 21.3. The van der Waals surface area contributed by atoms with E-state index in [0.717, 1.165) is 10.9 Å². The third-order valence-electron chi connectivity index (χ3n) is 5.58. The Morgan fingerprint density at radius 2 is 1.94 bits per heavy atom. The Morgan fingerprint density at radius 3 is 2.74 bits per heavy atom. The van der Waals surface area contributed by atoms with Crippen molar-refractivity contribution in [3.63, 3.8) is 0 Å². The zero-order valence-corrected chi connectivity index (χ0v) is 18.2. The third kappa shape index (κ3) is 3.46. The minimum Gasteiger partial charge on any atom is -0.384 e. The highest BCUT2D eigenvalue weighted by atomic mass is 19.1. The Kier molecular flexibility index (Phi) is 5.28. The standard InChI is InChI=1S/C25H19FN6O2/c1-15-6-4-7-16-12-17(32(25(34)21(15)16)20-10-3-2-8-18(20)26)13-31-24-22(23(27)28-14-29-24)19(30-31)9-5-11-33/h2-4,6-8,10,12,14,33H,11,13H2,1H3,(H2,27,28,29). The average Bonchev–Trinajstić information content (AvgIpc) is 3.17. The second-order valence-corrected chi connectivity index (χ2v) is 7.69. The fraction of sp³-hybridized carbons (Fsp3) is 0.120. The number of rotatable bonds is 3. The lowest BCUT2D eigenvalue weighted by Gasteiger charge is -2.16. The van der Waals surface area contributed by atoms with E-state index >= 15 is 0 Å². The number of anilines is 1. The van der Waals surface area contributed by atoms with Crippen molar-refractivity contribution >= 4 is 27.6 Å². The van der Waals surface area contributed by atoms with Gasteiger partial charge in [0.05, 0.1) is 23.0 Å². The van der Waals surface area contributed by atoms with Crippen LogP contribution >= 0.6 is 0 Å². The number of nitrogens with two attached hydrogens (primary N) is 1. The predicted octanol–water partition coefficient (Wildman–Crippen LogP) is 2.55. The Balaban J connectivity index is 1.80. The first-order valence-electron chi connectivity index (χ1n) is 10.5. The Bertz CT molecular complexity index is 1690. The van der Waals surface area contributed by atoms with Crippen molar-refractivity contribution in [2.24, 2.45) is 0 Å². The highest BCUT2D eigenvalue weighted by molar-refractivity contribution is 5.90. The van der Waals surface area contributed by atoms with Crippen molar-refractivity contribution in [2.45, 2.75) is 13.5 Å². The summed E-state index contributed by atoms with van der Waals surface area (Å²) >= 11 is 0. The Labute approximate surface area is 193 Å². The Morgan fingerprint density at radius 1 is 1.12 bits per heavy atom. The molecule has 5 aromatic rings. The highest BCUT2D eigenvalue weighted by Gasteiger charge is 2.19. The van der Waals surface area contributed by atoms with Gasteiger partial charge in [-0.2, -0.15) is 5.10 Å². The molecule has 5 rings (SSSR count). The fourth-order valence-corrected chi connectivity index (χ4v) is 4.11. The van der Waals surface area contributed by atoms with Crippen LogP contribution in [0.2, 0.25) is 0 Å². The molecule has 3 N–H and O–H groups in total. The van der Waals surface area contributed by atoms with Crippen LogP contribution in [0.4, 0.5) is 10.2 Å². The summed E-state index contributed by atoms with van der Waals surface area (Å²) in [6, 6.07) is 13.5. The van der Waals surface area contributed by atoms with Gasteiger partial charge in [-0.3, -0.25) is 9.36 Å². The molecule has 3 heterocycles. The van der Waals surface area contributed by atoms with Crippen LogP contribution in [-0.2, 0) is 6.54 Å². The maximum Gasteiger partial charge on any atom is 0.263 e. The summed E-state index contributed by atoms with van der Waals surface area (Å²) in [7, 11) is 0. The number of hydrogen-bond donors (Lipinski definition) is 2. The summed E-state index contributed by atoms with van der Waals surface area (Å²) in [5.74, 6) is 5.00. The first-order chi connectivity index (χ1) is 16.5. The summed E-state index contributed by atoms with van der Waals surface area (Å²) in [6.07, 6.45) is 1.31. The van der Waals surface area contributed by atoms with Gasteiger partial charge in [-0.05, 0) is 42.0 Å². The number of nitrogen functional groups attached to an aromatic ring is 1. The smallest absolute Gasteiger partial charge is 0.263 e. The maximum atomic E-state index is 14.9. The van der Waals surface area contributed by atoms with Gasteiger partial charge in [-0.15, -0.1) is 0 Å². The summed E-state index contributed by atoms with van der Waals surface area (Å²) in [5.41, 5.74) is 7.86. The van der Waals surface area contributed by atoms with Crippen LogP contribution in [-0.4, -0.2) is 36.0 Å². The van der Waals surface area contributed by atoms with Crippen LogP contribution in [0.1, 0.15) is 17.0 Å². The van der Waals surface area contributed by atoms with E-state index in [1.165, 1.54) is 17.0 Å². The zero-order chi connectivity index (χ0) is 23.8. The maximum absolute atomic E-state index is 14.9. The SMILES string of the molecule is Cc1cccc2cc(Cn3nc(C#CCO)c4c(N)ncnc43)n(-c3ccccc3F)c(=O)c12. The molecule has 0 aliphatic carbocycles. The van der Waals surface area contributed by atoms with Gasteiger partial charge in [0.2, 0.25) is 0 Å².